The highest BCUT2D eigenvalue weighted by Gasteiger charge is 2.20. The number of piperidine rings is 1. The molecule has 0 aromatic heterocycles. The van der Waals surface area contributed by atoms with Crippen LogP contribution in [0.15, 0.2) is 24.3 Å². The highest BCUT2D eigenvalue weighted by Crippen LogP contribution is 2.24. The minimum absolute atomic E-state index is 0.862. The Kier molecular flexibility index (Phi) is 6.79. The molecule has 3 rings (SSSR count). The van der Waals surface area contributed by atoms with E-state index in [4.69, 9.17) is 11.6 Å². The smallest absolute Gasteiger partial charge is 0.0451 e. The van der Waals surface area contributed by atoms with Crippen LogP contribution in [0.2, 0.25) is 5.02 Å². The van der Waals surface area contributed by atoms with E-state index in [2.05, 4.69) is 22.3 Å². The molecule has 128 valence electrons. The quantitative estimate of drug-likeness (QED) is 0.809. The molecule has 1 aliphatic heterocycles. The van der Waals surface area contributed by atoms with Gasteiger partial charge >= 0.3 is 0 Å². The molecule has 1 heterocycles. The van der Waals surface area contributed by atoms with Gasteiger partial charge < -0.3 is 5.32 Å². The Bertz CT molecular complexity index is 462. The summed E-state index contributed by atoms with van der Waals surface area (Å²) in [7, 11) is 0. The van der Waals surface area contributed by atoms with Gasteiger partial charge in [-0.2, -0.15) is 0 Å². The molecule has 1 N–H and O–H groups in total. The van der Waals surface area contributed by atoms with Crippen molar-refractivity contribution in [2.24, 2.45) is 11.8 Å². The number of hydrogen-bond donors (Lipinski definition) is 1. The fraction of sp³-hybridized carbons (Fsp3) is 0.700. The Balaban J connectivity index is 1.33. The summed E-state index contributed by atoms with van der Waals surface area (Å²) in [5, 5.41) is 4.67. The van der Waals surface area contributed by atoms with Gasteiger partial charge in [0.2, 0.25) is 0 Å². The zero-order valence-electron chi connectivity index (χ0n) is 14.3. The average molecular weight is 335 g/mol. The lowest BCUT2D eigenvalue weighted by molar-refractivity contribution is 0.173. The van der Waals surface area contributed by atoms with Gasteiger partial charge in [-0.05, 0) is 75.3 Å². The summed E-state index contributed by atoms with van der Waals surface area (Å²) < 4.78 is 0. The van der Waals surface area contributed by atoms with E-state index in [0.717, 1.165) is 23.4 Å². The highest BCUT2D eigenvalue weighted by molar-refractivity contribution is 6.31. The molecule has 1 saturated heterocycles. The second kappa shape index (κ2) is 9.05. The number of hydrogen-bond acceptors (Lipinski definition) is 2. The van der Waals surface area contributed by atoms with Crippen LogP contribution in [-0.4, -0.2) is 31.1 Å². The Hall–Kier alpha value is -0.570. The van der Waals surface area contributed by atoms with Gasteiger partial charge in [0.25, 0.3) is 0 Å². The summed E-state index contributed by atoms with van der Waals surface area (Å²) in [5.41, 5.74) is 1.27. The van der Waals surface area contributed by atoms with Gasteiger partial charge in [0.1, 0.15) is 0 Å². The van der Waals surface area contributed by atoms with Gasteiger partial charge in [-0.25, -0.2) is 0 Å². The van der Waals surface area contributed by atoms with Gasteiger partial charge in [0, 0.05) is 11.6 Å². The van der Waals surface area contributed by atoms with E-state index in [1.54, 1.807) is 0 Å². The molecule has 2 fully saturated rings. The zero-order valence-corrected chi connectivity index (χ0v) is 15.0. The first-order chi connectivity index (χ1) is 11.3. The van der Waals surface area contributed by atoms with Crippen molar-refractivity contribution in [2.75, 3.05) is 26.2 Å². The number of nitrogens with zero attached hydrogens (tertiary/aromatic N) is 1. The molecule has 1 aromatic carbocycles. The molecule has 2 aliphatic rings. The van der Waals surface area contributed by atoms with Crippen LogP contribution in [0.3, 0.4) is 0 Å². The van der Waals surface area contributed by atoms with Gasteiger partial charge in [-0.3, -0.25) is 4.90 Å². The van der Waals surface area contributed by atoms with Crippen molar-refractivity contribution >= 4 is 11.6 Å². The molecule has 3 heteroatoms. The van der Waals surface area contributed by atoms with Crippen molar-refractivity contribution in [2.45, 2.75) is 51.5 Å². The maximum Gasteiger partial charge on any atom is 0.0451 e. The third kappa shape index (κ3) is 5.48. The molecule has 1 saturated carbocycles. The minimum Gasteiger partial charge on any atom is -0.316 e. The van der Waals surface area contributed by atoms with E-state index < -0.39 is 0 Å². The lowest BCUT2D eigenvalue weighted by Crippen LogP contribution is -2.38. The lowest BCUT2D eigenvalue weighted by atomic mass is 9.89. The Morgan fingerprint density at radius 1 is 0.913 bits per heavy atom. The van der Waals surface area contributed by atoms with E-state index in [0.29, 0.717) is 0 Å². The number of likely N-dealkylation sites (tertiary alicyclic amines) is 1. The number of rotatable bonds is 6. The number of halogens is 1. The number of nitrogens with one attached hydrogen (secondary N) is 1. The minimum atomic E-state index is 0.862. The molecule has 23 heavy (non-hydrogen) atoms. The topological polar surface area (TPSA) is 15.3 Å². The molecule has 1 aromatic rings. The third-order valence-electron chi connectivity index (χ3n) is 5.65. The Morgan fingerprint density at radius 3 is 2.26 bits per heavy atom. The first-order valence-corrected chi connectivity index (χ1v) is 9.85. The first kappa shape index (κ1) is 17.3. The van der Waals surface area contributed by atoms with E-state index in [1.165, 1.54) is 76.7 Å². The van der Waals surface area contributed by atoms with E-state index >= 15 is 0 Å². The average Bonchev–Trinajstić information content (AvgIpc) is 2.59. The molecule has 0 bridgehead atoms. The maximum atomic E-state index is 6.28. The Labute approximate surface area is 146 Å². The largest absolute Gasteiger partial charge is 0.316 e. The Morgan fingerprint density at radius 2 is 1.57 bits per heavy atom. The van der Waals surface area contributed by atoms with E-state index in [-0.39, 0.29) is 0 Å². The van der Waals surface area contributed by atoms with Crippen LogP contribution in [0.1, 0.15) is 50.5 Å². The number of benzene rings is 1. The molecular formula is C20H31ClN2. The summed E-state index contributed by atoms with van der Waals surface area (Å²) in [6.45, 7) is 5.89. The molecule has 0 atom stereocenters. The SMILES string of the molecule is Clc1ccccc1CN1CCC(CNCC2CCCCC2)CC1. The third-order valence-corrected chi connectivity index (χ3v) is 6.02. The van der Waals surface area contributed by atoms with Gasteiger partial charge in [-0.15, -0.1) is 0 Å². The second-order valence-corrected chi connectivity index (χ2v) is 7.88. The van der Waals surface area contributed by atoms with Crippen molar-refractivity contribution in [3.8, 4) is 0 Å². The summed E-state index contributed by atoms with van der Waals surface area (Å²) in [6.07, 6.45) is 9.90. The predicted molar refractivity (Wildman–Crippen MR) is 98.9 cm³/mol. The normalized spacial score (nSPS) is 21.6. The van der Waals surface area contributed by atoms with Crippen LogP contribution in [0.5, 0.6) is 0 Å². The fourth-order valence-corrected chi connectivity index (χ4v) is 4.29. The zero-order chi connectivity index (χ0) is 15.9. The fourth-order valence-electron chi connectivity index (χ4n) is 4.10. The summed E-state index contributed by atoms with van der Waals surface area (Å²) in [6, 6.07) is 8.25. The molecule has 0 radical (unpaired) electrons. The maximum absolute atomic E-state index is 6.28. The molecule has 1 aliphatic carbocycles. The molecule has 0 amide bonds. The van der Waals surface area contributed by atoms with Crippen molar-refractivity contribution in [3.05, 3.63) is 34.9 Å². The van der Waals surface area contributed by atoms with Gasteiger partial charge in [-0.1, -0.05) is 49.1 Å². The summed E-state index contributed by atoms with van der Waals surface area (Å²) in [4.78, 5) is 2.55. The van der Waals surface area contributed by atoms with Gasteiger partial charge in [0.15, 0.2) is 0 Å². The van der Waals surface area contributed by atoms with Crippen LogP contribution in [0.4, 0.5) is 0 Å². The predicted octanol–water partition coefficient (Wildman–Crippen LogP) is 4.72. The monoisotopic (exact) mass is 334 g/mol. The lowest BCUT2D eigenvalue weighted by Gasteiger charge is -2.32. The van der Waals surface area contributed by atoms with Crippen LogP contribution in [0, 0.1) is 11.8 Å². The van der Waals surface area contributed by atoms with Crippen LogP contribution in [0.25, 0.3) is 0 Å². The molecule has 0 spiro atoms. The van der Waals surface area contributed by atoms with Crippen molar-refractivity contribution in [1.29, 1.82) is 0 Å². The van der Waals surface area contributed by atoms with Crippen LogP contribution in [-0.2, 0) is 6.54 Å². The van der Waals surface area contributed by atoms with Crippen molar-refractivity contribution < 1.29 is 0 Å². The molecular weight excluding hydrogens is 304 g/mol. The standard InChI is InChI=1S/C20H31ClN2/c21-20-9-5-4-8-19(20)16-23-12-10-18(11-13-23)15-22-14-17-6-2-1-3-7-17/h4-5,8-9,17-18,22H,1-3,6-7,10-16H2. The van der Waals surface area contributed by atoms with Crippen LogP contribution < -0.4 is 5.32 Å². The van der Waals surface area contributed by atoms with Crippen LogP contribution >= 0.6 is 11.6 Å². The van der Waals surface area contributed by atoms with E-state index in [1.807, 2.05) is 12.1 Å². The van der Waals surface area contributed by atoms with Crippen molar-refractivity contribution in [1.82, 2.24) is 10.2 Å². The molecule has 2 nitrogen and oxygen atoms in total. The first-order valence-electron chi connectivity index (χ1n) is 9.48. The molecule has 0 unspecified atom stereocenters. The van der Waals surface area contributed by atoms with E-state index in [9.17, 15) is 0 Å². The summed E-state index contributed by atoms with van der Waals surface area (Å²) >= 11 is 6.28. The van der Waals surface area contributed by atoms with Gasteiger partial charge in [0.05, 0.1) is 0 Å². The summed E-state index contributed by atoms with van der Waals surface area (Å²) in [5.74, 6) is 1.81. The highest BCUT2D eigenvalue weighted by atomic mass is 35.5. The second-order valence-electron chi connectivity index (χ2n) is 7.47. The van der Waals surface area contributed by atoms with Crippen molar-refractivity contribution in [3.63, 3.8) is 0 Å².